The summed E-state index contributed by atoms with van der Waals surface area (Å²) in [6.45, 7) is 1.94. The molecule has 12 heteroatoms. The molecule has 1 N–H and O–H groups in total. The number of rotatable bonds is 9. The van der Waals surface area contributed by atoms with Gasteiger partial charge in [0.05, 0.1) is 48.0 Å². The highest BCUT2D eigenvalue weighted by molar-refractivity contribution is 7.90. The third-order valence-electron chi connectivity index (χ3n) is 5.69. The van der Waals surface area contributed by atoms with Gasteiger partial charge >= 0.3 is 0 Å². The van der Waals surface area contributed by atoms with Gasteiger partial charge in [-0.3, -0.25) is 19.3 Å². The number of pyridine rings is 1. The lowest BCUT2D eigenvalue weighted by Gasteiger charge is -2.26. The third kappa shape index (κ3) is 4.83. The van der Waals surface area contributed by atoms with Gasteiger partial charge in [0.25, 0.3) is 17.7 Å². The van der Waals surface area contributed by atoms with Crippen molar-refractivity contribution >= 4 is 33.2 Å². The summed E-state index contributed by atoms with van der Waals surface area (Å²) >= 11 is 0. The van der Waals surface area contributed by atoms with Gasteiger partial charge in [0, 0.05) is 12.2 Å². The monoisotopic (exact) mass is 505 g/mol. The molecule has 1 fully saturated rings. The van der Waals surface area contributed by atoms with Crippen molar-refractivity contribution in [2.45, 2.75) is 25.8 Å². The van der Waals surface area contributed by atoms with Crippen LogP contribution in [0.25, 0.3) is 0 Å². The van der Waals surface area contributed by atoms with Crippen molar-refractivity contribution in [3.8, 4) is 11.6 Å². The Kier molecular flexibility index (Phi) is 6.50. The fourth-order valence-electron chi connectivity index (χ4n) is 3.91. The van der Waals surface area contributed by atoms with E-state index in [1.807, 2.05) is 0 Å². The number of benzene rings is 1. The van der Waals surface area contributed by atoms with Gasteiger partial charge < -0.3 is 14.8 Å². The minimum absolute atomic E-state index is 0.00467. The highest BCUT2D eigenvalue weighted by Crippen LogP contribution is 2.39. The number of ether oxygens (including phenoxy) is 2. The average molecular weight is 506 g/mol. The molecule has 2 aromatic rings. The van der Waals surface area contributed by atoms with Crippen LogP contribution in [0.2, 0.25) is 0 Å². The second-order valence-corrected chi connectivity index (χ2v) is 10.6. The van der Waals surface area contributed by atoms with Crippen molar-refractivity contribution in [1.29, 1.82) is 0 Å². The van der Waals surface area contributed by atoms with E-state index >= 15 is 0 Å². The van der Waals surface area contributed by atoms with Crippen molar-refractivity contribution in [1.82, 2.24) is 9.88 Å². The molecule has 10 nitrogen and oxygen atoms in total. The molecule has 0 spiro atoms. The molecule has 1 aliphatic heterocycles. The van der Waals surface area contributed by atoms with E-state index in [-0.39, 0.29) is 47.0 Å². The van der Waals surface area contributed by atoms with E-state index in [9.17, 15) is 27.2 Å². The van der Waals surface area contributed by atoms with E-state index in [1.54, 1.807) is 6.92 Å². The molecule has 1 saturated carbocycles. The van der Waals surface area contributed by atoms with E-state index in [0.717, 1.165) is 12.3 Å². The lowest BCUT2D eigenvalue weighted by atomic mass is 10.1. The Bertz CT molecular complexity index is 1320. The van der Waals surface area contributed by atoms with Crippen LogP contribution in [-0.2, 0) is 14.6 Å². The molecule has 0 unspecified atom stereocenters. The molecule has 2 heterocycles. The lowest BCUT2D eigenvalue weighted by molar-refractivity contribution is -0.117. The van der Waals surface area contributed by atoms with E-state index < -0.39 is 44.8 Å². The number of methoxy groups -OCH3 is 1. The van der Waals surface area contributed by atoms with Crippen LogP contribution >= 0.6 is 0 Å². The number of carbonyl (C=O) groups excluding carboxylic acids is 3. The first kappa shape index (κ1) is 24.6. The molecule has 186 valence electrons. The molecule has 35 heavy (non-hydrogen) atoms. The highest BCUT2D eigenvalue weighted by Gasteiger charge is 2.46. The molecule has 0 bridgehead atoms. The van der Waals surface area contributed by atoms with E-state index in [1.165, 1.54) is 25.3 Å². The second-order valence-electron chi connectivity index (χ2n) is 8.37. The first-order valence-corrected chi connectivity index (χ1v) is 13.0. The standard InChI is InChI=1S/C23H24FN3O7S/c1-4-34-21-17(33-2)10-9-14(26-21)16(11-35(3,31)32)27-22(29)18-13(24)7-8-15(19(18)23(27)30)25-20(28)12-5-6-12/h7-10,12,16H,4-6,11H2,1-3H3,(H,25,28)/t16-/m1/s1. The number of hydrogen-bond donors (Lipinski definition) is 1. The minimum atomic E-state index is -3.75. The number of aromatic nitrogens is 1. The molecule has 1 aromatic heterocycles. The minimum Gasteiger partial charge on any atom is -0.491 e. The highest BCUT2D eigenvalue weighted by atomic mass is 32.2. The van der Waals surface area contributed by atoms with Crippen molar-refractivity contribution in [2.24, 2.45) is 5.92 Å². The number of halogens is 1. The van der Waals surface area contributed by atoms with Crippen LogP contribution in [0.5, 0.6) is 11.6 Å². The lowest BCUT2D eigenvalue weighted by Crippen LogP contribution is -2.38. The topological polar surface area (TPSA) is 132 Å². The Morgan fingerprint density at radius 3 is 2.49 bits per heavy atom. The zero-order chi connectivity index (χ0) is 25.5. The number of nitrogens with zero attached hydrogens (tertiary/aromatic N) is 2. The number of sulfone groups is 1. The fourth-order valence-corrected chi connectivity index (χ4v) is 4.80. The summed E-state index contributed by atoms with van der Waals surface area (Å²) in [5.41, 5.74) is -0.810. The van der Waals surface area contributed by atoms with Crippen molar-refractivity contribution < 1.29 is 36.7 Å². The van der Waals surface area contributed by atoms with Gasteiger partial charge in [0.2, 0.25) is 5.91 Å². The summed E-state index contributed by atoms with van der Waals surface area (Å²) < 4.78 is 50.0. The average Bonchev–Trinajstić information content (AvgIpc) is 3.60. The van der Waals surface area contributed by atoms with Crippen LogP contribution in [0.1, 0.15) is 52.2 Å². The predicted octanol–water partition coefficient (Wildman–Crippen LogP) is 2.36. The van der Waals surface area contributed by atoms with E-state index in [2.05, 4.69) is 10.3 Å². The number of fused-ring (bicyclic) bond motifs is 1. The van der Waals surface area contributed by atoms with E-state index in [0.29, 0.717) is 17.7 Å². The molecule has 1 aromatic carbocycles. The Labute approximate surface area is 201 Å². The maximum Gasteiger partial charge on any atom is 0.265 e. The SMILES string of the molecule is CCOc1nc([C@@H](CS(C)(=O)=O)N2C(=O)c3c(F)ccc(NC(=O)C4CC4)c3C2=O)ccc1OC. The van der Waals surface area contributed by atoms with Gasteiger partial charge in [-0.05, 0) is 44.0 Å². The summed E-state index contributed by atoms with van der Waals surface area (Å²) in [6, 6.07) is 3.71. The second kappa shape index (κ2) is 9.25. The molecular weight excluding hydrogens is 481 g/mol. The summed E-state index contributed by atoms with van der Waals surface area (Å²) in [4.78, 5) is 44.1. The van der Waals surface area contributed by atoms with Crippen LogP contribution in [0.3, 0.4) is 0 Å². The number of carbonyl (C=O) groups is 3. The summed E-state index contributed by atoms with van der Waals surface area (Å²) in [7, 11) is -2.35. The van der Waals surface area contributed by atoms with Crippen LogP contribution in [0.4, 0.5) is 10.1 Å². The Morgan fingerprint density at radius 1 is 1.20 bits per heavy atom. The summed E-state index contributed by atoms with van der Waals surface area (Å²) in [5, 5.41) is 2.60. The predicted molar refractivity (Wildman–Crippen MR) is 123 cm³/mol. The molecule has 1 atom stereocenters. The van der Waals surface area contributed by atoms with Gasteiger partial charge in [-0.1, -0.05) is 0 Å². The Hall–Kier alpha value is -3.54. The first-order valence-electron chi connectivity index (χ1n) is 10.9. The van der Waals surface area contributed by atoms with Gasteiger partial charge in [-0.15, -0.1) is 0 Å². The van der Waals surface area contributed by atoms with Gasteiger partial charge in [0.15, 0.2) is 5.75 Å². The number of imide groups is 1. The fraction of sp³-hybridized carbons (Fsp3) is 0.391. The molecular formula is C23H24FN3O7S. The molecule has 0 radical (unpaired) electrons. The number of hydrogen-bond acceptors (Lipinski definition) is 8. The van der Waals surface area contributed by atoms with Crippen LogP contribution < -0.4 is 14.8 Å². The summed E-state index contributed by atoms with van der Waals surface area (Å²) in [5.74, 6) is -3.77. The molecule has 4 rings (SSSR count). The summed E-state index contributed by atoms with van der Waals surface area (Å²) in [6.07, 6.45) is 2.36. The quantitative estimate of drug-likeness (QED) is 0.514. The maximum absolute atomic E-state index is 14.8. The van der Waals surface area contributed by atoms with Crippen LogP contribution in [0.15, 0.2) is 24.3 Å². The molecule has 2 aliphatic rings. The van der Waals surface area contributed by atoms with Crippen LogP contribution in [-0.4, -0.2) is 61.7 Å². The zero-order valence-corrected chi connectivity index (χ0v) is 20.1. The third-order valence-corrected chi connectivity index (χ3v) is 6.61. The number of anilines is 1. The Morgan fingerprint density at radius 2 is 1.89 bits per heavy atom. The van der Waals surface area contributed by atoms with Gasteiger partial charge in [0.1, 0.15) is 15.7 Å². The van der Waals surface area contributed by atoms with Gasteiger partial charge in [-0.2, -0.15) is 0 Å². The zero-order valence-electron chi connectivity index (χ0n) is 19.3. The van der Waals surface area contributed by atoms with Crippen molar-refractivity contribution in [3.05, 3.63) is 46.9 Å². The van der Waals surface area contributed by atoms with Gasteiger partial charge in [-0.25, -0.2) is 17.8 Å². The first-order chi connectivity index (χ1) is 16.6. The number of nitrogens with one attached hydrogen (secondary N) is 1. The van der Waals surface area contributed by atoms with E-state index in [4.69, 9.17) is 9.47 Å². The molecule has 3 amide bonds. The largest absolute Gasteiger partial charge is 0.491 e. The normalized spacial score (nSPS) is 16.2. The maximum atomic E-state index is 14.8. The number of amides is 3. The Balaban J connectivity index is 1.80. The molecule has 0 saturated heterocycles. The van der Waals surface area contributed by atoms with Crippen LogP contribution in [0, 0.1) is 11.7 Å². The smallest absolute Gasteiger partial charge is 0.265 e. The van der Waals surface area contributed by atoms with Crippen molar-refractivity contribution in [2.75, 3.05) is 31.0 Å². The molecule has 1 aliphatic carbocycles. The van der Waals surface area contributed by atoms with Crippen molar-refractivity contribution in [3.63, 3.8) is 0 Å².